The van der Waals surface area contributed by atoms with Crippen molar-refractivity contribution in [3.05, 3.63) is 17.2 Å². The molecule has 7 heteroatoms. The highest BCUT2D eigenvalue weighted by Crippen LogP contribution is 2.30. The fraction of sp³-hybridized carbons (Fsp3) is 0. The Kier molecular flexibility index (Phi) is 2.38. The van der Waals surface area contributed by atoms with Crippen LogP contribution in [0.3, 0.4) is 0 Å². The van der Waals surface area contributed by atoms with Gasteiger partial charge in [-0.15, -0.1) is 0 Å². The largest absolute Gasteiger partial charge is 0.506 e. The second-order valence-electron chi connectivity index (χ2n) is 2.39. The van der Waals surface area contributed by atoms with Gasteiger partial charge in [-0.3, -0.25) is 0 Å². The summed E-state index contributed by atoms with van der Waals surface area (Å²) in [5, 5.41) is 13.8. The van der Waals surface area contributed by atoms with E-state index in [0.29, 0.717) is 0 Å². The lowest BCUT2D eigenvalue weighted by Gasteiger charge is -2.04. The predicted molar refractivity (Wildman–Crippen MR) is 48.9 cm³/mol. The molecule has 5 N–H and O–H groups in total. The summed E-state index contributed by atoms with van der Waals surface area (Å²) in [6.07, 6.45) is 0. The molecule has 0 amide bonds. The molecule has 13 heavy (non-hydrogen) atoms. The molecule has 0 saturated carbocycles. The van der Waals surface area contributed by atoms with Crippen LogP contribution >= 0.6 is 11.6 Å². The lowest BCUT2D eigenvalue weighted by molar-refractivity contribution is 0.476. The van der Waals surface area contributed by atoms with Crippen LogP contribution in [0.5, 0.6) is 5.75 Å². The van der Waals surface area contributed by atoms with Crippen LogP contribution in [0, 0.1) is 0 Å². The standard InChI is InChI=1S/C6H7ClN2O3S/c7-3-1-4(8)5(10)2-6(3)13(9,11)12/h1-2,10H,8H2,(H2,9,11,12). The summed E-state index contributed by atoms with van der Waals surface area (Å²) in [5.74, 6) is -0.367. The van der Waals surface area contributed by atoms with Crippen LogP contribution in [-0.2, 0) is 10.0 Å². The normalized spacial score (nSPS) is 11.5. The maximum absolute atomic E-state index is 10.9. The molecular weight excluding hydrogens is 216 g/mol. The van der Waals surface area contributed by atoms with Gasteiger partial charge in [0.2, 0.25) is 10.0 Å². The Bertz CT molecular complexity index is 443. The smallest absolute Gasteiger partial charge is 0.239 e. The molecule has 0 saturated heterocycles. The fourth-order valence-electron chi connectivity index (χ4n) is 0.776. The van der Waals surface area contributed by atoms with Crippen LogP contribution < -0.4 is 10.9 Å². The number of sulfonamides is 1. The first-order valence-corrected chi connectivity index (χ1v) is 5.05. The van der Waals surface area contributed by atoms with E-state index < -0.39 is 10.0 Å². The molecule has 0 aromatic heterocycles. The van der Waals surface area contributed by atoms with Gasteiger partial charge in [-0.2, -0.15) is 0 Å². The van der Waals surface area contributed by atoms with Crippen molar-refractivity contribution < 1.29 is 13.5 Å². The van der Waals surface area contributed by atoms with Crippen molar-refractivity contribution >= 4 is 27.3 Å². The van der Waals surface area contributed by atoms with Gasteiger partial charge in [-0.1, -0.05) is 11.6 Å². The van der Waals surface area contributed by atoms with E-state index in [9.17, 15) is 8.42 Å². The molecular formula is C6H7ClN2O3S. The van der Waals surface area contributed by atoms with Crippen LogP contribution in [-0.4, -0.2) is 13.5 Å². The van der Waals surface area contributed by atoms with Gasteiger partial charge in [-0.25, -0.2) is 13.6 Å². The minimum Gasteiger partial charge on any atom is -0.506 e. The first-order valence-electron chi connectivity index (χ1n) is 3.13. The Labute approximate surface area is 80.0 Å². The van der Waals surface area contributed by atoms with Crippen LogP contribution in [0.1, 0.15) is 0 Å². The number of benzene rings is 1. The first-order chi connectivity index (χ1) is 5.82. The van der Waals surface area contributed by atoms with Crippen LogP contribution in [0.25, 0.3) is 0 Å². The highest BCUT2D eigenvalue weighted by Gasteiger charge is 2.15. The van der Waals surface area contributed by atoms with Crippen LogP contribution in [0.4, 0.5) is 5.69 Å². The Morgan fingerprint density at radius 1 is 1.38 bits per heavy atom. The minimum absolute atomic E-state index is 0.00241. The quantitative estimate of drug-likeness (QED) is 0.469. The molecule has 1 rings (SSSR count). The third-order valence-electron chi connectivity index (χ3n) is 1.39. The molecule has 72 valence electrons. The summed E-state index contributed by atoms with van der Waals surface area (Å²) >= 11 is 5.54. The minimum atomic E-state index is -3.92. The Balaban J connectivity index is 3.50. The highest BCUT2D eigenvalue weighted by molar-refractivity contribution is 7.89. The molecule has 0 radical (unpaired) electrons. The van der Waals surface area contributed by atoms with Crippen molar-refractivity contribution in [1.29, 1.82) is 0 Å². The average molecular weight is 223 g/mol. The van der Waals surface area contributed by atoms with E-state index in [0.717, 1.165) is 12.1 Å². The van der Waals surface area contributed by atoms with E-state index in [1.807, 2.05) is 0 Å². The molecule has 0 aliphatic carbocycles. The van der Waals surface area contributed by atoms with Gasteiger partial charge in [0.25, 0.3) is 0 Å². The summed E-state index contributed by atoms with van der Waals surface area (Å²) in [6.45, 7) is 0. The van der Waals surface area contributed by atoms with Crippen LogP contribution in [0.15, 0.2) is 17.0 Å². The topological polar surface area (TPSA) is 106 Å². The zero-order valence-electron chi connectivity index (χ0n) is 6.36. The molecule has 5 nitrogen and oxygen atoms in total. The van der Waals surface area contributed by atoms with E-state index in [1.165, 1.54) is 0 Å². The van der Waals surface area contributed by atoms with E-state index in [2.05, 4.69) is 0 Å². The summed E-state index contributed by atoms with van der Waals surface area (Å²) in [7, 11) is -3.92. The number of primary sulfonamides is 1. The Morgan fingerprint density at radius 2 is 1.92 bits per heavy atom. The number of hydrogen-bond acceptors (Lipinski definition) is 4. The number of hydrogen-bond donors (Lipinski definition) is 3. The number of halogens is 1. The van der Waals surface area contributed by atoms with E-state index in [1.54, 1.807) is 0 Å². The molecule has 0 spiro atoms. The Hall–Kier alpha value is -0.980. The van der Waals surface area contributed by atoms with Crippen molar-refractivity contribution in [3.63, 3.8) is 0 Å². The molecule has 1 aromatic rings. The molecule has 0 bridgehead atoms. The van der Waals surface area contributed by atoms with Gasteiger partial charge in [0, 0.05) is 6.07 Å². The number of nitrogens with two attached hydrogens (primary N) is 2. The number of phenolic OH excluding ortho intramolecular Hbond substituents is 1. The van der Waals surface area contributed by atoms with Gasteiger partial charge in [0.15, 0.2) is 0 Å². The van der Waals surface area contributed by atoms with Crippen molar-refractivity contribution in [2.24, 2.45) is 5.14 Å². The summed E-state index contributed by atoms with van der Waals surface area (Å²) in [4.78, 5) is -0.346. The third-order valence-corrected chi connectivity index (χ3v) is 2.76. The first kappa shape index (κ1) is 10.1. The zero-order chi connectivity index (χ0) is 10.2. The van der Waals surface area contributed by atoms with Gasteiger partial charge < -0.3 is 10.8 Å². The maximum Gasteiger partial charge on any atom is 0.239 e. The molecule has 0 fully saturated rings. The SMILES string of the molecule is Nc1cc(Cl)c(S(N)(=O)=O)cc1O. The lowest BCUT2D eigenvalue weighted by Crippen LogP contribution is -2.12. The molecule has 0 heterocycles. The van der Waals surface area contributed by atoms with Crippen LogP contribution in [0.2, 0.25) is 5.02 Å². The second-order valence-corrected chi connectivity index (χ2v) is 4.32. The van der Waals surface area contributed by atoms with Crippen molar-refractivity contribution in [2.75, 3.05) is 5.73 Å². The Morgan fingerprint density at radius 3 is 2.38 bits per heavy atom. The molecule has 1 aromatic carbocycles. The van der Waals surface area contributed by atoms with Gasteiger partial charge >= 0.3 is 0 Å². The lowest BCUT2D eigenvalue weighted by atomic mass is 10.3. The summed E-state index contributed by atoms with van der Waals surface area (Å²) in [5.41, 5.74) is 5.26. The zero-order valence-corrected chi connectivity index (χ0v) is 7.93. The van der Waals surface area contributed by atoms with E-state index in [-0.39, 0.29) is 21.4 Å². The summed E-state index contributed by atoms with van der Waals surface area (Å²) in [6, 6.07) is 2.03. The molecule has 0 unspecified atom stereocenters. The van der Waals surface area contributed by atoms with Crippen molar-refractivity contribution in [1.82, 2.24) is 0 Å². The van der Waals surface area contributed by atoms with Gasteiger partial charge in [0.1, 0.15) is 10.6 Å². The highest BCUT2D eigenvalue weighted by atomic mass is 35.5. The van der Waals surface area contributed by atoms with Gasteiger partial charge in [0.05, 0.1) is 10.7 Å². The maximum atomic E-state index is 10.9. The van der Waals surface area contributed by atoms with E-state index in [4.69, 9.17) is 27.6 Å². The number of rotatable bonds is 1. The van der Waals surface area contributed by atoms with E-state index >= 15 is 0 Å². The average Bonchev–Trinajstić information content (AvgIpc) is 1.94. The molecule has 0 aliphatic heterocycles. The fourth-order valence-corrected chi connectivity index (χ4v) is 1.88. The predicted octanol–water partition coefficient (Wildman–Crippen LogP) is 0.275. The van der Waals surface area contributed by atoms with Crippen molar-refractivity contribution in [2.45, 2.75) is 4.90 Å². The number of aromatic hydroxyl groups is 1. The number of anilines is 1. The monoisotopic (exact) mass is 222 g/mol. The second kappa shape index (κ2) is 3.06. The molecule has 0 aliphatic rings. The van der Waals surface area contributed by atoms with Crippen molar-refractivity contribution in [3.8, 4) is 5.75 Å². The third kappa shape index (κ3) is 2.03. The molecule has 0 atom stereocenters. The summed E-state index contributed by atoms with van der Waals surface area (Å²) < 4.78 is 21.7. The van der Waals surface area contributed by atoms with Gasteiger partial charge in [-0.05, 0) is 6.07 Å². The number of nitrogen functional groups attached to an aromatic ring is 1. The number of phenols is 1.